The first-order valence-corrected chi connectivity index (χ1v) is 8.50. The molecule has 2 N–H and O–H groups in total. The van der Waals surface area contributed by atoms with Crippen LogP contribution in [-0.4, -0.2) is 32.0 Å². The molecule has 2 unspecified atom stereocenters. The molecule has 1 heterocycles. The van der Waals surface area contributed by atoms with Gasteiger partial charge in [-0.05, 0) is 18.3 Å². The van der Waals surface area contributed by atoms with Crippen LogP contribution in [-0.2, 0) is 10.0 Å². The van der Waals surface area contributed by atoms with Crippen LogP contribution < -0.4 is 10.0 Å². The monoisotopic (exact) mass is 298 g/mol. The van der Waals surface area contributed by atoms with Crippen molar-refractivity contribution < 1.29 is 8.42 Å². The average Bonchev–Trinajstić information content (AvgIpc) is 2.46. The van der Waals surface area contributed by atoms with Crippen LogP contribution in [0.4, 0.5) is 5.95 Å². The van der Waals surface area contributed by atoms with E-state index in [2.05, 4.69) is 26.9 Å². The van der Waals surface area contributed by atoms with Gasteiger partial charge < -0.3 is 5.32 Å². The molecule has 0 amide bonds. The topological polar surface area (TPSA) is 84.0 Å². The second-order valence-corrected chi connectivity index (χ2v) is 7.13. The molecule has 0 saturated heterocycles. The lowest BCUT2D eigenvalue weighted by atomic mass is 9.81. The summed E-state index contributed by atoms with van der Waals surface area (Å²) in [6, 6.07) is 0. The molecule has 6 nitrogen and oxygen atoms in total. The molecule has 1 aliphatic rings. The highest BCUT2D eigenvalue weighted by atomic mass is 32.2. The Kier molecular flexibility index (Phi) is 4.93. The number of rotatable bonds is 5. The van der Waals surface area contributed by atoms with Gasteiger partial charge in [0.15, 0.2) is 0 Å². The lowest BCUT2D eigenvalue weighted by molar-refractivity contribution is 0.257. The summed E-state index contributed by atoms with van der Waals surface area (Å²) in [5, 5.41) is 2.76. The minimum atomic E-state index is -3.51. The second-order valence-electron chi connectivity index (χ2n) is 5.37. The molecular weight excluding hydrogens is 276 g/mol. The quantitative estimate of drug-likeness (QED) is 0.863. The maximum absolute atomic E-state index is 12.2. The minimum Gasteiger partial charge on any atom is -0.357 e. The lowest BCUT2D eigenvalue weighted by Crippen LogP contribution is -2.33. The van der Waals surface area contributed by atoms with E-state index >= 15 is 0 Å². The molecule has 20 heavy (non-hydrogen) atoms. The molecule has 1 fully saturated rings. The van der Waals surface area contributed by atoms with Crippen molar-refractivity contribution in [2.75, 3.05) is 18.9 Å². The van der Waals surface area contributed by atoms with Crippen LogP contribution in [0, 0.1) is 11.8 Å². The van der Waals surface area contributed by atoms with E-state index in [-0.39, 0.29) is 4.90 Å². The summed E-state index contributed by atoms with van der Waals surface area (Å²) in [6.45, 7) is 2.69. The first kappa shape index (κ1) is 15.2. The smallest absolute Gasteiger partial charge is 0.243 e. The molecule has 0 radical (unpaired) electrons. The Morgan fingerprint density at radius 1 is 1.25 bits per heavy atom. The summed E-state index contributed by atoms with van der Waals surface area (Å²) in [7, 11) is -1.82. The Labute approximate surface area is 120 Å². The van der Waals surface area contributed by atoms with Gasteiger partial charge in [-0.25, -0.2) is 23.1 Å². The number of nitrogens with one attached hydrogen (secondary N) is 2. The van der Waals surface area contributed by atoms with E-state index in [1.807, 2.05) is 0 Å². The molecule has 1 saturated carbocycles. The summed E-state index contributed by atoms with van der Waals surface area (Å²) in [5.41, 5.74) is 0. The fourth-order valence-corrected chi connectivity index (χ4v) is 3.56. The third kappa shape index (κ3) is 3.67. The fourth-order valence-electron chi connectivity index (χ4n) is 2.58. The first-order valence-electron chi connectivity index (χ1n) is 7.02. The standard InChI is InChI=1S/C13H22N4O2S/c1-10-5-3-4-6-11(10)7-17-20(18,19)12-8-15-13(14-2)16-9-12/h8-11,17H,3-7H2,1-2H3,(H,14,15,16). The average molecular weight is 298 g/mol. The van der Waals surface area contributed by atoms with Crippen molar-refractivity contribution in [2.45, 2.75) is 37.5 Å². The van der Waals surface area contributed by atoms with E-state index in [0.717, 1.165) is 6.42 Å². The van der Waals surface area contributed by atoms with Crippen LogP contribution in [0.2, 0.25) is 0 Å². The molecule has 1 aliphatic carbocycles. The minimum absolute atomic E-state index is 0.111. The summed E-state index contributed by atoms with van der Waals surface area (Å²) in [6.07, 6.45) is 7.38. The van der Waals surface area contributed by atoms with Crippen molar-refractivity contribution in [1.29, 1.82) is 0 Å². The molecule has 0 bridgehead atoms. The Hall–Kier alpha value is -1.21. The maximum atomic E-state index is 12.2. The summed E-state index contributed by atoms with van der Waals surface area (Å²) >= 11 is 0. The highest BCUT2D eigenvalue weighted by Crippen LogP contribution is 2.29. The Balaban J connectivity index is 1.99. The third-order valence-corrected chi connectivity index (χ3v) is 5.36. The molecular formula is C13H22N4O2S. The predicted octanol–water partition coefficient (Wildman–Crippen LogP) is 1.62. The van der Waals surface area contributed by atoms with E-state index < -0.39 is 10.0 Å². The van der Waals surface area contributed by atoms with Gasteiger partial charge in [0.25, 0.3) is 0 Å². The van der Waals surface area contributed by atoms with Crippen molar-refractivity contribution in [2.24, 2.45) is 11.8 Å². The summed E-state index contributed by atoms with van der Waals surface area (Å²) in [5.74, 6) is 1.41. The molecule has 2 atom stereocenters. The van der Waals surface area contributed by atoms with Gasteiger partial charge in [-0.2, -0.15) is 0 Å². The van der Waals surface area contributed by atoms with Crippen LogP contribution >= 0.6 is 0 Å². The zero-order valence-corrected chi connectivity index (χ0v) is 12.8. The highest BCUT2D eigenvalue weighted by molar-refractivity contribution is 7.89. The SMILES string of the molecule is CNc1ncc(S(=O)(=O)NCC2CCCCC2C)cn1. The van der Waals surface area contributed by atoms with E-state index in [1.54, 1.807) is 7.05 Å². The molecule has 1 aromatic rings. The normalized spacial score (nSPS) is 23.5. The van der Waals surface area contributed by atoms with Crippen LogP contribution in [0.25, 0.3) is 0 Å². The summed E-state index contributed by atoms with van der Waals surface area (Å²) in [4.78, 5) is 7.97. The molecule has 0 spiro atoms. The molecule has 112 valence electrons. The van der Waals surface area contributed by atoms with Crippen molar-refractivity contribution in [3.63, 3.8) is 0 Å². The largest absolute Gasteiger partial charge is 0.357 e. The Bertz CT molecular complexity index is 530. The lowest BCUT2D eigenvalue weighted by Gasteiger charge is -2.28. The predicted molar refractivity (Wildman–Crippen MR) is 77.9 cm³/mol. The van der Waals surface area contributed by atoms with Crippen LogP contribution in [0.1, 0.15) is 32.6 Å². The van der Waals surface area contributed by atoms with Crippen molar-refractivity contribution >= 4 is 16.0 Å². The van der Waals surface area contributed by atoms with Crippen LogP contribution in [0.15, 0.2) is 17.3 Å². The number of nitrogens with zero attached hydrogens (tertiary/aromatic N) is 2. The number of aromatic nitrogens is 2. The number of sulfonamides is 1. The molecule has 1 aromatic heterocycles. The molecule has 0 aliphatic heterocycles. The van der Waals surface area contributed by atoms with Crippen molar-refractivity contribution in [1.82, 2.24) is 14.7 Å². The number of anilines is 1. The second kappa shape index (κ2) is 6.49. The van der Waals surface area contributed by atoms with Crippen molar-refractivity contribution in [3.05, 3.63) is 12.4 Å². The van der Waals surface area contributed by atoms with E-state index in [1.165, 1.54) is 31.7 Å². The number of hydrogen-bond donors (Lipinski definition) is 2. The fraction of sp³-hybridized carbons (Fsp3) is 0.692. The highest BCUT2D eigenvalue weighted by Gasteiger charge is 2.24. The van der Waals surface area contributed by atoms with Gasteiger partial charge in [0.1, 0.15) is 4.90 Å². The van der Waals surface area contributed by atoms with Gasteiger partial charge in [0.2, 0.25) is 16.0 Å². The van der Waals surface area contributed by atoms with Gasteiger partial charge in [-0.15, -0.1) is 0 Å². The van der Waals surface area contributed by atoms with Gasteiger partial charge >= 0.3 is 0 Å². The van der Waals surface area contributed by atoms with Gasteiger partial charge in [-0.1, -0.05) is 26.2 Å². The zero-order chi connectivity index (χ0) is 14.6. The van der Waals surface area contributed by atoms with Gasteiger partial charge in [0.05, 0.1) is 12.4 Å². The Morgan fingerprint density at radius 2 is 1.90 bits per heavy atom. The van der Waals surface area contributed by atoms with Gasteiger partial charge in [0, 0.05) is 13.6 Å². The third-order valence-electron chi connectivity index (χ3n) is 3.99. The van der Waals surface area contributed by atoms with Crippen LogP contribution in [0.5, 0.6) is 0 Å². The van der Waals surface area contributed by atoms with E-state index in [9.17, 15) is 8.42 Å². The molecule has 7 heteroatoms. The number of hydrogen-bond acceptors (Lipinski definition) is 5. The maximum Gasteiger partial charge on any atom is 0.243 e. The zero-order valence-electron chi connectivity index (χ0n) is 12.0. The van der Waals surface area contributed by atoms with E-state index in [0.29, 0.717) is 24.3 Å². The van der Waals surface area contributed by atoms with Crippen LogP contribution in [0.3, 0.4) is 0 Å². The first-order chi connectivity index (χ1) is 9.53. The molecule has 0 aromatic carbocycles. The van der Waals surface area contributed by atoms with Crippen molar-refractivity contribution in [3.8, 4) is 0 Å². The van der Waals surface area contributed by atoms with Gasteiger partial charge in [-0.3, -0.25) is 0 Å². The van der Waals surface area contributed by atoms with E-state index in [4.69, 9.17) is 0 Å². The Morgan fingerprint density at radius 3 is 2.50 bits per heavy atom. The molecule has 2 rings (SSSR count). The summed E-state index contributed by atoms with van der Waals surface area (Å²) < 4.78 is 27.0.